The lowest BCUT2D eigenvalue weighted by molar-refractivity contribution is 0.303. The zero-order chi connectivity index (χ0) is 21.9. The molecule has 0 bridgehead atoms. The normalized spacial score (nSPS) is 10.7. The van der Waals surface area contributed by atoms with E-state index < -0.39 is 0 Å². The summed E-state index contributed by atoms with van der Waals surface area (Å²) in [5.74, 6) is 1.05. The minimum absolute atomic E-state index is 0. The predicted molar refractivity (Wildman–Crippen MR) is 132 cm³/mol. The number of rotatable bonds is 6. The van der Waals surface area contributed by atoms with Gasteiger partial charge < -0.3 is 9.72 Å². The Balaban J connectivity index is 0.00000259. The third kappa shape index (κ3) is 5.33. The molecular formula is C26H20Cl2FN3O. The second-order valence-electron chi connectivity index (χ2n) is 7.46. The van der Waals surface area contributed by atoms with Crippen molar-refractivity contribution < 1.29 is 9.13 Å². The van der Waals surface area contributed by atoms with Crippen molar-refractivity contribution in [3.05, 3.63) is 113 Å². The first-order valence-corrected chi connectivity index (χ1v) is 10.6. The molecule has 0 spiro atoms. The summed E-state index contributed by atoms with van der Waals surface area (Å²) in [6.45, 7) is 0.471. The molecule has 0 unspecified atom stereocenters. The summed E-state index contributed by atoms with van der Waals surface area (Å²) in [6, 6.07) is 25.9. The quantitative estimate of drug-likeness (QED) is 0.285. The Morgan fingerprint density at radius 1 is 0.879 bits per heavy atom. The highest BCUT2D eigenvalue weighted by atomic mass is 35.5. The monoisotopic (exact) mass is 479 g/mol. The van der Waals surface area contributed by atoms with Crippen molar-refractivity contribution in [1.82, 2.24) is 15.0 Å². The van der Waals surface area contributed by atoms with Gasteiger partial charge in [0.1, 0.15) is 23.9 Å². The fourth-order valence-electron chi connectivity index (χ4n) is 3.57. The number of aromatic amines is 1. The maximum absolute atomic E-state index is 13.5. The summed E-state index contributed by atoms with van der Waals surface area (Å²) in [4.78, 5) is 12.4. The van der Waals surface area contributed by atoms with Gasteiger partial charge in [-0.05, 0) is 48.0 Å². The average molecular weight is 480 g/mol. The van der Waals surface area contributed by atoms with E-state index in [2.05, 4.69) is 9.97 Å². The molecule has 33 heavy (non-hydrogen) atoms. The maximum Gasteiger partial charge on any atom is 0.157 e. The molecule has 3 aromatic carbocycles. The van der Waals surface area contributed by atoms with Crippen molar-refractivity contribution in [3.63, 3.8) is 0 Å². The molecule has 0 saturated heterocycles. The molecule has 0 radical (unpaired) electrons. The number of benzene rings is 3. The average Bonchev–Trinajstić information content (AvgIpc) is 3.23. The molecule has 5 rings (SSSR count). The number of nitrogens with zero attached hydrogens (tertiary/aromatic N) is 2. The number of ether oxygens (including phenoxy) is 1. The lowest BCUT2D eigenvalue weighted by Crippen LogP contribution is -2.01. The first kappa shape index (κ1) is 22.8. The SMILES string of the molecule is Cl.Fc1ccc2[nH]c(-c3cccc(Cc4cc(Cl)ccc4OCc4ccccc4)n3)nc2c1. The first-order chi connectivity index (χ1) is 15.6. The maximum atomic E-state index is 13.5. The Morgan fingerprint density at radius 2 is 1.73 bits per heavy atom. The van der Waals surface area contributed by atoms with E-state index in [1.165, 1.54) is 12.1 Å². The van der Waals surface area contributed by atoms with Crippen LogP contribution in [0, 0.1) is 5.82 Å². The number of hydrogen-bond acceptors (Lipinski definition) is 3. The van der Waals surface area contributed by atoms with Crippen molar-refractivity contribution in [1.29, 1.82) is 0 Å². The van der Waals surface area contributed by atoms with Gasteiger partial charge in [0.05, 0.1) is 11.0 Å². The molecule has 2 heterocycles. The van der Waals surface area contributed by atoms with E-state index in [-0.39, 0.29) is 18.2 Å². The van der Waals surface area contributed by atoms with Crippen molar-refractivity contribution in [2.24, 2.45) is 0 Å². The largest absolute Gasteiger partial charge is 0.489 e. The molecule has 0 saturated carbocycles. The molecule has 0 aliphatic carbocycles. The number of pyridine rings is 1. The third-order valence-corrected chi connectivity index (χ3v) is 5.36. The molecule has 0 aliphatic heterocycles. The van der Waals surface area contributed by atoms with Crippen LogP contribution >= 0.6 is 24.0 Å². The molecule has 0 atom stereocenters. The predicted octanol–water partition coefficient (Wildman–Crippen LogP) is 7.01. The zero-order valence-electron chi connectivity index (χ0n) is 17.5. The highest BCUT2D eigenvalue weighted by Gasteiger charge is 2.11. The van der Waals surface area contributed by atoms with Gasteiger partial charge in [-0.2, -0.15) is 0 Å². The van der Waals surface area contributed by atoms with Gasteiger partial charge in [0, 0.05) is 28.8 Å². The van der Waals surface area contributed by atoms with Crippen LogP contribution in [0.4, 0.5) is 4.39 Å². The van der Waals surface area contributed by atoms with Gasteiger partial charge >= 0.3 is 0 Å². The van der Waals surface area contributed by atoms with E-state index in [0.717, 1.165) is 28.1 Å². The van der Waals surface area contributed by atoms with Gasteiger partial charge in [-0.25, -0.2) is 14.4 Å². The number of aromatic nitrogens is 3. The van der Waals surface area contributed by atoms with Crippen molar-refractivity contribution in [2.75, 3.05) is 0 Å². The number of fused-ring (bicyclic) bond motifs is 1. The van der Waals surface area contributed by atoms with Crippen molar-refractivity contribution >= 4 is 35.0 Å². The van der Waals surface area contributed by atoms with Gasteiger partial charge in [-0.1, -0.05) is 48.0 Å². The molecule has 0 amide bonds. The molecule has 2 aromatic heterocycles. The van der Waals surface area contributed by atoms with E-state index in [0.29, 0.717) is 35.1 Å². The van der Waals surface area contributed by atoms with Crippen LogP contribution in [-0.2, 0) is 13.0 Å². The second-order valence-corrected chi connectivity index (χ2v) is 7.90. The molecule has 166 valence electrons. The van der Waals surface area contributed by atoms with E-state index in [1.54, 1.807) is 6.07 Å². The molecular weight excluding hydrogens is 460 g/mol. The highest BCUT2D eigenvalue weighted by molar-refractivity contribution is 6.30. The van der Waals surface area contributed by atoms with Crippen LogP contribution in [0.25, 0.3) is 22.6 Å². The second kappa shape index (κ2) is 10.0. The Kier molecular flexibility index (Phi) is 6.92. The van der Waals surface area contributed by atoms with E-state index in [4.69, 9.17) is 21.3 Å². The number of halogens is 3. The van der Waals surface area contributed by atoms with Gasteiger partial charge in [-0.15, -0.1) is 12.4 Å². The Bertz CT molecular complexity index is 1390. The van der Waals surface area contributed by atoms with Gasteiger partial charge in [0.25, 0.3) is 0 Å². The van der Waals surface area contributed by atoms with Crippen molar-refractivity contribution in [3.8, 4) is 17.3 Å². The first-order valence-electron chi connectivity index (χ1n) is 10.2. The number of imidazole rings is 1. The standard InChI is InChI=1S/C26H19ClFN3O.ClH/c27-19-9-12-25(32-16-17-5-2-1-3-6-17)18(13-19)14-21-7-4-8-23(29-21)26-30-22-11-10-20(28)15-24(22)31-26;/h1-13,15H,14,16H2,(H,30,31);1H. The van der Waals surface area contributed by atoms with Crippen LogP contribution in [-0.4, -0.2) is 15.0 Å². The Hall–Kier alpha value is -3.41. The summed E-state index contributed by atoms with van der Waals surface area (Å²) in [5, 5.41) is 0.641. The Labute approximate surface area is 201 Å². The third-order valence-electron chi connectivity index (χ3n) is 5.13. The lowest BCUT2D eigenvalue weighted by Gasteiger charge is -2.12. The van der Waals surface area contributed by atoms with Crippen LogP contribution in [0.5, 0.6) is 5.75 Å². The molecule has 0 fully saturated rings. The molecule has 4 nitrogen and oxygen atoms in total. The molecule has 1 N–H and O–H groups in total. The van der Waals surface area contributed by atoms with E-state index in [9.17, 15) is 4.39 Å². The lowest BCUT2D eigenvalue weighted by atomic mass is 10.1. The summed E-state index contributed by atoms with van der Waals surface area (Å²) in [5.41, 5.74) is 4.91. The summed E-state index contributed by atoms with van der Waals surface area (Å²) in [7, 11) is 0. The Morgan fingerprint density at radius 3 is 2.58 bits per heavy atom. The minimum atomic E-state index is -0.318. The highest BCUT2D eigenvalue weighted by Crippen LogP contribution is 2.27. The molecule has 0 aliphatic rings. The zero-order valence-corrected chi connectivity index (χ0v) is 19.0. The fourth-order valence-corrected chi connectivity index (χ4v) is 3.76. The molecule has 7 heteroatoms. The number of nitrogens with one attached hydrogen (secondary N) is 1. The minimum Gasteiger partial charge on any atom is -0.489 e. The van der Waals surface area contributed by atoms with Gasteiger partial charge in [0.2, 0.25) is 0 Å². The van der Waals surface area contributed by atoms with Crippen LogP contribution in [0.1, 0.15) is 16.8 Å². The summed E-state index contributed by atoms with van der Waals surface area (Å²) >= 11 is 6.26. The fraction of sp³-hybridized carbons (Fsp3) is 0.0769. The van der Waals surface area contributed by atoms with Gasteiger partial charge in [-0.3, -0.25) is 0 Å². The topological polar surface area (TPSA) is 50.8 Å². The van der Waals surface area contributed by atoms with Crippen molar-refractivity contribution in [2.45, 2.75) is 13.0 Å². The van der Waals surface area contributed by atoms with E-state index in [1.807, 2.05) is 66.7 Å². The smallest absolute Gasteiger partial charge is 0.157 e. The van der Waals surface area contributed by atoms with Crippen LogP contribution in [0.2, 0.25) is 5.02 Å². The van der Waals surface area contributed by atoms with Crippen LogP contribution in [0.15, 0.2) is 84.9 Å². The van der Waals surface area contributed by atoms with E-state index >= 15 is 0 Å². The van der Waals surface area contributed by atoms with Crippen LogP contribution < -0.4 is 4.74 Å². The summed E-state index contributed by atoms with van der Waals surface area (Å²) < 4.78 is 19.6. The van der Waals surface area contributed by atoms with Crippen LogP contribution in [0.3, 0.4) is 0 Å². The number of H-pyrrole nitrogens is 1. The molecule has 5 aromatic rings. The summed E-state index contributed by atoms with van der Waals surface area (Å²) in [6.07, 6.45) is 0.549. The van der Waals surface area contributed by atoms with Gasteiger partial charge in [0.15, 0.2) is 5.82 Å². The number of hydrogen-bond donors (Lipinski definition) is 1.